The van der Waals surface area contributed by atoms with E-state index in [1.807, 2.05) is 0 Å². The fourth-order valence-corrected chi connectivity index (χ4v) is 2.93. The molecular weight excluding hydrogens is 483 g/mol. The topological polar surface area (TPSA) is 113 Å². The largest absolute Gasteiger partial charge is 0.743 e. The van der Waals surface area contributed by atoms with Gasteiger partial charge in [0.15, 0.2) is 10.1 Å². The predicted molar refractivity (Wildman–Crippen MR) is 92.4 cm³/mol. The van der Waals surface area contributed by atoms with Gasteiger partial charge in [0.25, 0.3) is 0 Å². The Hall–Kier alpha value is -1.94. The van der Waals surface area contributed by atoms with Crippen molar-refractivity contribution in [2.45, 2.75) is 69.3 Å². The lowest BCUT2D eigenvalue weighted by atomic mass is 10.1. The van der Waals surface area contributed by atoms with Crippen molar-refractivity contribution in [3.05, 3.63) is 12.7 Å². The second-order valence-corrected chi connectivity index (χ2v) is 8.33. The van der Waals surface area contributed by atoms with E-state index in [1.165, 1.54) is 27.7 Å². The lowest BCUT2D eigenvalue weighted by Gasteiger charge is -2.40. The fraction of sp³-hybridized carbons (Fsp3) is 0.750. The van der Waals surface area contributed by atoms with Crippen LogP contribution in [-0.2, 0) is 29.2 Å². The van der Waals surface area contributed by atoms with Gasteiger partial charge in [-0.15, -0.1) is 0 Å². The minimum atomic E-state index is -6.91. The van der Waals surface area contributed by atoms with Gasteiger partial charge in [-0.25, -0.2) is 13.2 Å². The van der Waals surface area contributed by atoms with Gasteiger partial charge in [-0.3, -0.25) is 4.79 Å². The quantitative estimate of drug-likeness (QED) is 0.140. The van der Waals surface area contributed by atoms with E-state index in [-0.39, 0.29) is 6.08 Å². The number of hydrogen-bond donors (Lipinski definition) is 0. The molecule has 0 aliphatic rings. The van der Waals surface area contributed by atoms with Crippen LogP contribution in [-0.4, -0.2) is 71.6 Å². The summed E-state index contributed by atoms with van der Waals surface area (Å²) < 4.78 is 135. The SMILES string of the molecule is C=CC(=O)OC(OCCC(F)(F)C(F)(F)S(=O)(=O)[O-])(C(=O)N(C(C)C)C(C)C)C(F)(F)F. The smallest absolute Gasteiger partial charge is 0.466 e. The number of hydrogen-bond acceptors (Lipinski definition) is 7. The number of nitrogens with zero attached hydrogens (tertiary/aromatic N) is 1. The maximum atomic E-state index is 13.9. The van der Waals surface area contributed by atoms with Crippen LogP contribution in [0, 0.1) is 0 Å². The van der Waals surface area contributed by atoms with Crippen LogP contribution in [0.5, 0.6) is 0 Å². The molecule has 0 aliphatic heterocycles. The van der Waals surface area contributed by atoms with Gasteiger partial charge in [-0.2, -0.15) is 30.7 Å². The van der Waals surface area contributed by atoms with Crippen molar-refractivity contribution in [1.29, 1.82) is 0 Å². The zero-order chi connectivity index (χ0) is 25.9. The number of carbonyl (C=O) groups excluding carboxylic acids is 2. The Balaban J connectivity index is 6.35. The van der Waals surface area contributed by atoms with Gasteiger partial charge < -0.3 is 18.9 Å². The number of alkyl halides is 7. The van der Waals surface area contributed by atoms with Crippen molar-refractivity contribution in [2.24, 2.45) is 0 Å². The molecule has 1 unspecified atom stereocenters. The highest BCUT2D eigenvalue weighted by molar-refractivity contribution is 7.86. The monoisotopic (exact) mass is 504 g/mol. The van der Waals surface area contributed by atoms with Crippen LogP contribution in [0.3, 0.4) is 0 Å². The highest BCUT2D eigenvalue weighted by atomic mass is 32.2. The van der Waals surface area contributed by atoms with Crippen LogP contribution < -0.4 is 0 Å². The van der Waals surface area contributed by atoms with E-state index in [2.05, 4.69) is 16.1 Å². The number of esters is 1. The minimum Gasteiger partial charge on any atom is -0.743 e. The molecule has 8 nitrogen and oxygen atoms in total. The summed E-state index contributed by atoms with van der Waals surface area (Å²) >= 11 is 0. The summed E-state index contributed by atoms with van der Waals surface area (Å²) in [5.74, 6) is -14.2. The molecule has 0 heterocycles. The Kier molecular flexibility index (Phi) is 9.31. The second-order valence-electron chi connectivity index (χ2n) is 6.91. The first-order valence-electron chi connectivity index (χ1n) is 8.69. The number of halogens is 7. The van der Waals surface area contributed by atoms with Crippen molar-refractivity contribution >= 4 is 22.0 Å². The third-order valence-corrected chi connectivity index (χ3v) is 4.80. The molecule has 0 aromatic heterocycles. The van der Waals surface area contributed by atoms with E-state index in [1.54, 1.807) is 0 Å². The van der Waals surface area contributed by atoms with E-state index >= 15 is 0 Å². The molecule has 0 bridgehead atoms. The summed E-state index contributed by atoms with van der Waals surface area (Å²) in [5.41, 5.74) is 0. The molecule has 1 amide bonds. The van der Waals surface area contributed by atoms with Gasteiger partial charge in [-0.05, 0) is 27.7 Å². The van der Waals surface area contributed by atoms with Gasteiger partial charge in [0.2, 0.25) is 0 Å². The molecule has 0 fully saturated rings. The Labute approximate surface area is 179 Å². The predicted octanol–water partition coefficient (Wildman–Crippen LogP) is 2.80. The van der Waals surface area contributed by atoms with Crippen molar-refractivity contribution in [3.63, 3.8) is 0 Å². The van der Waals surface area contributed by atoms with E-state index in [9.17, 15) is 53.3 Å². The first-order chi connectivity index (χ1) is 14.1. The molecule has 0 saturated heterocycles. The Morgan fingerprint density at radius 2 is 1.47 bits per heavy atom. The maximum absolute atomic E-state index is 13.9. The van der Waals surface area contributed by atoms with Gasteiger partial charge in [0.1, 0.15) is 0 Å². The first kappa shape index (κ1) is 30.1. The standard InChI is InChI=1S/C16H22F7NO7S/c1-6-11(25)31-14(15(19,20)21,12(26)24(9(2)3)10(4)5)30-8-7-13(17,18)16(22,23)32(27,28)29/h6,9-10H,1,7-8H2,2-5H3,(H,27,28,29)/p-1. The molecule has 0 radical (unpaired) electrons. The average Bonchev–Trinajstić information content (AvgIpc) is 2.57. The normalized spacial score (nSPS) is 15.4. The zero-order valence-corrected chi connectivity index (χ0v) is 18.0. The van der Waals surface area contributed by atoms with Gasteiger partial charge in [0, 0.05) is 24.6 Å². The molecule has 16 heteroatoms. The van der Waals surface area contributed by atoms with E-state index in [0.717, 1.165) is 0 Å². The van der Waals surface area contributed by atoms with Gasteiger partial charge >= 0.3 is 35.0 Å². The lowest BCUT2D eigenvalue weighted by Crippen LogP contribution is -2.64. The molecule has 0 aliphatic carbocycles. The van der Waals surface area contributed by atoms with E-state index < -0.39 is 70.2 Å². The molecule has 32 heavy (non-hydrogen) atoms. The summed E-state index contributed by atoms with van der Waals surface area (Å²) in [6.45, 7) is 5.83. The third-order valence-electron chi connectivity index (χ3n) is 3.87. The zero-order valence-electron chi connectivity index (χ0n) is 17.2. The molecule has 0 aromatic rings. The van der Waals surface area contributed by atoms with Crippen LogP contribution in [0.1, 0.15) is 34.1 Å². The van der Waals surface area contributed by atoms with Gasteiger partial charge in [-0.1, -0.05) is 6.58 Å². The van der Waals surface area contributed by atoms with Crippen LogP contribution in [0.15, 0.2) is 12.7 Å². The molecule has 1 atom stereocenters. The van der Waals surface area contributed by atoms with Gasteiger partial charge in [0.05, 0.1) is 6.61 Å². The van der Waals surface area contributed by atoms with Crippen molar-refractivity contribution in [2.75, 3.05) is 6.61 Å². The highest BCUT2D eigenvalue weighted by Gasteiger charge is 2.68. The number of amides is 1. The molecular formula is C16H21F7NO7S-. The molecule has 0 spiro atoms. The number of ether oxygens (including phenoxy) is 2. The first-order valence-corrected chi connectivity index (χ1v) is 10.1. The number of rotatable bonds is 11. The Morgan fingerprint density at radius 1 is 1.03 bits per heavy atom. The van der Waals surface area contributed by atoms with Crippen molar-refractivity contribution in [3.8, 4) is 0 Å². The Morgan fingerprint density at radius 3 is 1.78 bits per heavy atom. The third kappa shape index (κ3) is 6.10. The molecule has 0 rings (SSSR count). The molecule has 0 saturated carbocycles. The molecule has 0 aromatic carbocycles. The summed E-state index contributed by atoms with van der Waals surface area (Å²) in [6, 6.07) is -1.93. The van der Waals surface area contributed by atoms with E-state index in [0.29, 0.717) is 4.90 Å². The second kappa shape index (κ2) is 9.91. The van der Waals surface area contributed by atoms with Crippen LogP contribution in [0.4, 0.5) is 30.7 Å². The minimum absolute atomic E-state index is 0.193. The van der Waals surface area contributed by atoms with Crippen LogP contribution >= 0.6 is 0 Å². The number of carbonyl (C=O) groups is 2. The Bertz CT molecular complexity index is 804. The highest BCUT2D eigenvalue weighted by Crippen LogP contribution is 2.42. The molecule has 0 N–H and O–H groups in total. The van der Waals surface area contributed by atoms with Crippen molar-refractivity contribution in [1.82, 2.24) is 4.90 Å². The van der Waals surface area contributed by atoms with Crippen LogP contribution in [0.2, 0.25) is 0 Å². The molecule has 188 valence electrons. The fourth-order valence-electron chi connectivity index (χ4n) is 2.47. The maximum Gasteiger partial charge on any atom is 0.466 e. The summed E-state index contributed by atoms with van der Waals surface area (Å²) in [6.07, 6.45) is -8.17. The summed E-state index contributed by atoms with van der Waals surface area (Å²) in [5, 5.41) is -6.20. The lowest BCUT2D eigenvalue weighted by molar-refractivity contribution is -0.353. The summed E-state index contributed by atoms with van der Waals surface area (Å²) in [4.78, 5) is 24.8. The van der Waals surface area contributed by atoms with E-state index in [4.69, 9.17) is 0 Å². The average molecular weight is 504 g/mol. The summed E-state index contributed by atoms with van der Waals surface area (Å²) in [7, 11) is -6.91. The van der Waals surface area contributed by atoms with Crippen molar-refractivity contribution < 1.29 is 62.8 Å². The van der Waals surface area contributed by atoms with Crippen LogP contribution in [0.25, 0.3) is 0 Å².